The molecule has 0 aliphatic heterocycles. The van der Waals surface area contributed by atoms with Crippen molar-refractivity contribution in [1.29, 1.82) is 0 Å². The van der Waals surface area contributed by atoms with E-state index in [1.165, 1.54) is 107 Å². The summed E-state index contributed by atoms with van der Waals surface area (Å²) < 4.78 is 2.87. The van der Waals surface area contributed by atoms with E-state index in [1.54, 1.807) is 0 Å². The van der Waals surface area contributed by atoms with E-state index in [9.17, 15) is 0 Å². The van der Waals surface area contributed by atoms with E-state index < -0.39 is 0 Å². The molecule has 10 aromatic carbocycles. The van der Waals surface area contributed by atoms with Gasteiger partial charge in [0.05, 0.1) is 0 Å². The molecule has 0 radical (unpaired) electrons. The van der Waals surface area contributed by atoms with Gasteiger partial charge in [-0.25, -0.2) is 0 Å². The van der Waals surface area contributed by atoms with Crippen LogP contribution in [0.5, 0.6) is 0 Å². The van der Waals surface area contributed by atoms with Gasteiger partial charge in [-0.15, -0.1) is 0 Å². The SMILES string of the molecule is c1cnc2cc(-c3c4ccccc4c(-c4ccc5[se]c6cccc(-c7c8ccccc8c(-c8ccc9cccnc9c8)c8ccccc78)c6c5c4)c4ccccc34)ccc2c1. The number of aromatic nitrogens is 2. The van der Waals surface area contributed by atoms with Gasteiger partial charge in [-0.2, -0.15) is 0 Å². The van der Waals surface area contributed by atoms with Gasteiger partial charge in [0.15, 0.2) is 0 Å². The minimum Gasteiger partial charge on any atom is -0.0513 e. The molecule has 0 unspecified atom stereocenters. The van der Waals surface area contributed by atoms with Gasteiger partial charge in [-0.05, 0) is 12.1 Å². The fourth-order valence-electron chi connectivity index (χ4n) is 10.1. The molecule has 0 bridgehead atoms. The molecule has 3 heterocycles. The van der Waals surface area contributed by atoms with E-state index in [-0.39, 0.29) is 14.5 Å². The quantitative estimate of drug-likeness (QED) is 0.130. The Hall–Kier alpha value is -7.42. The molecular formula is C58H34N2Se. The number of nitrogens with zero attached hydrogens (tertiary/aromatic N) is 2. The molecule has 0 saturated heterocycles. The Morgan fingerprint density at radius 2 is 0.721 bits per heavy atom. The molecule has 0 saturated carbocycles. The number of fused-ring (bicyclic) bond motifs is 9. The Morgan fingerprint density at radius 1 is 0.295 bits per heavy atom. The van der Waals surface area contributed by atoms with Gasteiger partial charge in [0.1, 0.15) is 0 Å². The first kappa shape index (κ1) is 34.4. The number of hydrogen-bond donors (Lipinski definition) is 0. The molecule has 0 aliphatic carbocycles. The maximum atomic E-state index is 4.74. The van der Waals surface area contributed by atoms with Crippen LogP contribution in [0.4, 0.5) is 0 Å². The molecule has 0 spiro atoms. The van der Waals surface area contributed by atoms with Crippen molar-refractivity contribution >= 4 is 98.7 Å². The van der Waals surface area contributed by atoms with E-state index in [0.29, 0.717) is 0 Å². The molecule has 0 fully saturated rings. The van der Waals surface area contributed by atoms with Crippen LogP contribution in [0.25, 0.3) is 129 Å². The van der Waals surface area contributed by atoms with Gasteiger partial charge in [-0.3, -0.25) is 0 Å². The van der Waals surface area contributed by atoms with Crippen molar-refractivity contribution in [3.05, 3.63) is 207 Å². The summed E-state index contributed by atoms with van der Waals surface area (Å²) in [7, 11) is 0. The van der Waals surface area contributed by atoms with Crippen LogP contribution in [0.15, 0.2) is 207 Å². The van der Waals surface area contributed by atoms with Crippen LogP contribution in [-0.4, -0.2) is 24.5 Å². The fourth-order valence-corrected chi connectivity index (χ4v) is 12.4. The molecule has 2 nitrogen and oxygen atoms in total. The van der Waals surface area contributed by atoms with Crippen LogP contribution in [0.2, 0.25) is 0 Å². The van der Waals surface area contributed by atoms with Gasteiger partial charge in [0.25, 0.3) is 0 Å². The predicted molar refractivity (Wildman–Crippen MR) is 261 cm³/mol. The summed E-state index contributed by atoms with van der Waals surface area (Å²) in [5.41, 5.74) is 12.0. The van der Waals surface area contributed by atoms with Crippen LogP contribution in [0.1, 0.15) is 0 Å². The molecule has 13 aromatic rings. The predicted octanol–water partition coefficient (Wildman–Crippen LogP) is 15.4. The zero-order valence-electron chi connectivity index (χ0n) is 32.9. The second kappa shape index (κ2) is 13.6. The maximum absolute atomic E-state index is 4.74. The van der Waals surface area contributed by atoms with E-state index in [2.05, 4.69) is 182 Å². The average Bonchev–Trinajstić information content (AvgIpc) is 3.70. The number of benzene rings is 10. The van der Waals surface area contributed by atoms with Gasteiger partial charge in [0.2, 0.25) is 0 Å². The van der Waals surface area contributed by atoms with E-state index >= 15 is 0 Å². The Morgan fingerprint density at radius 3 is 1.20 bits per heavy atom. The minimum atomic E-state index is 0.182. The summed E-state index contributed by atoms with van der Waals surface area (Å²) in [6, 6.07) is 71.9. The number of pyridine rings is 2. The molecule has 3 heteroatoms. The number of hydrogen-bond acceptors (Lipinski definition) is 2. The Bertz CT molecular complexity index is 3840. The first-order chi connectivity index (χ1) is 30.3. The second-order valence-electron chi connectivity index (χ2n) is 16.0. The molecule has 61 heavy (non-hydrogen) atoms. The van der Waals surface area contributed by atoms with Crippen LogP contribution in [-0.2, 0) is 0 Å². The van der Waals surface area contributed by atoms with Crippen LogP contribution >= 0.6 is 0 Å². The second-order valence-corrected chi connectivity index (χ2v) is 18.3. The fraction of sp³-hybridized carbons (Fsp3) is 0. The van der Waals surface area contributed by atoms with Crippen molar-refractivity contribution in [1.82, 2.24) is 9.97 Å². The normalized spacial score (nSPS) is 11.9. The van der Waals surface area contributed by atoms with Gasteiger partial charge in [-0.1, -0.05) is 6.07 Å². The van der Waals surface area contributed by atoms with Crippen molar-refractivity contribution < 1.29 is 0 Å². The van der Waals surface area contributed by atoms with Crippen molar-refractivity contribution in [2.75, 3.05) is 0 Å². The third-order valence-electron chi connectivity index (χ3n) is 12.7. The van der Waals surface area contributed by atoms with Crippen molar-refractivity contribution in [3.63, 3.8) is 0 Å². The zero-order valence-corrected chi connectivity index (χ0v) is 34.6. The molecule has 282 valence electrons. The minimum absolute atomic E-state index is 0.182. The first-order valence-corrected chi connectivity index (χ1v) is 22.5. The Balaban J connectivity index is 1.08. The average molecular weight is 838 g/mol. The van der Waals surface area contributed by atoms with Crippen molar-refractivity contribution in [2.45, 2.75) is 0 Å². The molecule has 0 amide bonds. The zero-order chi connectivity index (χ0) is 40.0. The summed E-state index contributed by atoms with van der Waals surface area (Å²) in [5.74, 6) is 0. The monoisotopic (exact) mass is 838 g/mol. The summed E-state index contributed by atoms with van der Waals surface area (Å²) in [6.07, 6.45) is 3.77. The van der Waals surface area contributed by atoms with Crippen LogP contribution in [0, 0.1) is 0 Å². The molecule has 3 aromatic heterocycles. The standard InChI is InChI=1S/C58H34N2Se/c1-3-16-42-40(14-1)54(41-15-2-4-17-43(41)55(42)38-26-24-35-12-10-30-59-50(35)33-38)37-28-29-52-49(32-37)58-48(22-9-23-53(58)61-52)57-46-20-7-5-18-44(46)56(45-19-6-8-21-47(45)57)39-27-25-36-13-11-31-60-51(36)34-39/h1-34H. The summed E-state index contributed by atoms with van der Waals surface area (Å²) in [4.78, 5) is 9.48. The Labute approximate surface area is 357 Å². The third-order valence-corrected chi connectivity index (χ3v) is 15.1. The third kappa shape index (κ3) is 5.28. The summed E-state index contributed by atoms with van der Waals surface area (Å²) in [5, 5.41) is 15.0. The van der Waals surface area contributed by atoms with Gasteiger partial charge < -0.3 is 0 Å². The van der Waals surface area contributed by atoms with E-state index in [4.69, 9.17) is 9.97 Å². The molecular weight excluding hydrogens is 804 g/mol. The summed E-state index contributed by atoms with van der Waals surface area (Å²) >= 11 is 0.182. The van der Waals surface area contributed by atoms with Crippen molar-refractivity contribution in [3.8, 4) is 44.5 Å². The van der Waals surface area contributed by atoms with Gasteiger partial charge in [0, 0.05) is 6.20 Å². The molecule has 0 atom stereocenters. The van der Waals surface area contributed by atoms with E-state index in [1.807, 2.05) is 24.5 Å². The van der Waals surface area contributed by atoms with Crippen LogP contribution in [0.3, 0.4) is 0 Å². The molecule has 0 aliphatic rings. The first-order valence-electron chi connectivity index (χ1n) is 20.8. The molecule has 13 rings (SSSR count). The smallest absolute Gasteiger partial charge is 0.0513 e. The summed E-state index contributed by atoms with van der Waals surface area (Å²) in [6.45, 7) is 0. The topological polar surface area (TPSA) is 25.8 Å². The van der Waals surface area contributed by atoms with Gasteiger partial charge >= 0.3 is 335 Å². The van der Waals surface area contributed by atoms with Crippen LogP contribution < -0.4 is 0 Å². The molecule has 0 N–H and O–H groups in total. The van der Waals surface area contributed by atoms with E-state index in [0.717, 1.165) is 21.8 Å². The van der Waals surface area contributed by atoms with Crippen molar-refractivity contribution in [2.24, 2.45) is 0 Å². The number of rotatable bonds is 4. The Kier molecular flexibility index (Phi) is 7.65.